The van der Waals surface area contributed by atoms with Crippen molar-refractivity contribution < 1.29 is 24.5 Å². The van der Waals surface area contributed by atoms with Crippen LogP contribution >= 0.6 is 0 Å². The van der Waals surface area contributed by atoms with Crippen molar-refractivity contribution in [3.8, 4) is 0 Å². The Bertz CT molecular complexity index is 730. The molecule has 30 heavy (non-hydrogen) atoms. The highest BCUT2D eigenvalue weighted by Crippen LogP contribution is 2.27. The summed E-state index contributed by atoms with van der Waals surface area (Å²) in [5.74, 6) is -0.548. The third-order valence-corrected chi connectivity index (χ3v) is 4.98. The fourth-order valence-electron chi connectivity index (χ4n) is 3.02. The summed E-state index contributed by atoms with van der Waals surface area (Å²) in [6.45, 7) is 6.77. The number of aliphatic hydroxyl groups excluding tert-OH is 2. The van der Waals surface area contributed by atoms with Gasteiger partial charge in [0.25, 0.3) is 0 Å². The first-order valence-corrected chi connectivity index (χ1v) is 9.96. The first-order valence-electron chi connectivity index (χ1n) is 9.96. The average molecular weight is 425 g/mol. The van der Waals surface area contributed by atoms with Crippen molar-refractivity contribution in [1.29, 1.82) is 0 Å². The minimum atomic E-state index is -0.821. The second kappa shape index (κ2) is 9.63. The van der Waals surface area contributed by atoms with Crippen LogP contribution < -0.4 is 14.7 Å². The molecule has 0 aliphatic carbocycles. The second-order valence-corrected chi connectivity index (χ2v) is 8.07. The van der Waals surface area contributed by atoms with Crippen LogP contribution in [0.25, 0.3) is 0 Å². The molecule has 2 heterocycles. The zero-order valence-corrected chi connectivity index (χ0v) is 18.6. The Morgan fingerprint density at radius 2 is 1.40 bits per heavy atom. The van der Waals surface area contributed by atoms with Crippen molar-refractivity contribution in [3.05, 3.63) is 0 Å². The van der Waals surface area contributed by atoms with Crippen LogP contribution in [0.3, 0.4) is 0 Å². The van der Waals surface area contributed by atoms with Crippen LogP contribution in [0.5, 0.6) is 0 Å². The molecule has 0 unspecified atom stereocenters. The number of aromatic nitrogens is 3. The van der Waals surface area contributed by atoms with Gasteiger partial charge < -0.3 is 19.8 Å². The number of nitrogens with zero attached hydrogens (tertiary/aromatic N) is 6. The number of amides is 2. The Labute approximate surface area is 176 Å². The minimum Gasteiger partial charge on any atom is -0.394 e. The molecule has 1 aliphatic rings. The molecule has 0 radical (unpaired) electrons. The predicted octanol–water partition coefficient (Wildman–Crippen LogP) is 0.0136. The van der Waals surface area contributed by atoms with Crippen LogP contribution in [0.15, 0.2) is 0 Å². The Hall–Kier alpha value is -2.37. The van der Waals surface area contributed by atoms with Crippen LogP contribution in [0.2, 0.25) is 0 Å². The molecule has 11 heteroatoms. The van der Waals surface area contributed by atoms with Crippen molar-refractivity contribution in [2.24, 2.45) is 11.8 Å². The van der Waals surface area contributed by atoms with Gasteiger partial charge in [-0.2, -0.15) is 15.0 Å². The van der Waals surface area contributed by atoms with Gasteiger partial charge in [0, 0.05) is 39.4 Å². The maximum absolute atomic E-state index is 12.5. The lowest BCUT2D eigenvalue weighted by Crippen LogP contribution is -2.38. The number of aliphatic hydroxyl groups is 2. The van der Waals surface area contributed by atoms with Crippen LogP contribution in [0, 0.1) is 11.8 Å². The molecule has 11 nitrogen and oxygen atoms in total. The molecular weight excluding hydrogens is 392 g/mol. The monoisotopic (exact) mass is 424 g/mol. The van der Waals surface area contributed by atoms with Gasteiger partial charge in [0.2, 0.25) is 29.7 Å². The molecule has 0 spiro atoms. The summed E-state index contributed by atoms with van der Waals surface area (Å²) >= 11 is 0. The van der Waals surface area contributed by atoms with E-state index in [9.17, 15) is 19.8 Å². The lowest BCUT2D eigenvalue weighted by atomic mass is 10.2. The van der Waals surface area contributed by atoms with E-state index in [1.54, 1.807) is 53.7 Å². The summed E-state index contributed by atoms with van der Waals surface area (Å²) in [5, 5.41) is 19.4. The topological polar surface area (TPSA) is 132 Å². The van der Waals surface area contributed by atoms with Gasteiger partial charge in [-0.05, 0) is 0 Å². The second-order valence-electron chi connectivity index (χ2n) is 8.07. The summed E-state index contributed by atoms with van der Waals surface area (Å²) in [5.41, 5.74) is 0. The van der Waals surface area contributed by atoms with E-state index in [4.69, 9.17) is 4.74 Å². The molecule has 1 aliphatic heterocycles. The fourth-order valence-corrected chi connectivity index (χ4v) is 3.02. The summed E-state index contributed by atoms with van der Waals surface area (Å²) < 4.78 is 5.68. The molecule has 1 fully saturated rings. The standard InChI is InChI=1S/C19H32N6O5/c1-10(2)15(28)24(6)18-20-17(21-19(22-18)25(7)16(29)11(3)4)23(5)14-8-12(27)13(9-26)30-14/h10-14,26-27H,8-9H2,1-7H3/t12-,13+,14+/m0/s1. The van der Waals surface area contributed by atoms with Gasteiger partial charge in [-0.25, -0.2) is 0 Å². The van der Waals surface area contributed by atoms with Crippen molar-refractivity contribution in [1.82, 2.24) is 15.0 Å². The lowest BCUT2D eigenvalue weighted by molar-refractivity contribution is -0.121. The van der Waals surface area contributed by atoms with Crippen LogP contribution in [-0.2, 0) is 14.3 Å². The molecule has 2 N–H and O–H groups in total. The molecule has 3 atom stereocenters. The van der Waals surface area contributed by atoms with Crippen LogP contribution in [-0.4, -0.2) is 83.2 Å². The van der Waals surface area contributed by atoms with E-state index < -0.39 is 18.4 Å². The van der Waals surface area contributed by atoms with Gasteiger partial charge in [0.15, 0.2) is 0 Å². The third kappa shape index (κ3) is 5.02. The van der Waals surface area contributed by atoms with E-state index >= 15 is 0 Å². The van der Waals surface area contributed by atoms with Gasteiger partial charge in [-0.15, -0.1) is 0 Å². The van der Waals surface area contributed by atoms with E-state index in [2.05, 4.69) is 15.0 Å². The summed E-state index contributed by atoms with van der Waals surface area (Å²) in [4.78, 5) is 42.3. The van der Waals surface area contributed by atoms with E-state index in [-0.39, 0.29) is 54.5 Å². The van der Waals surface area contributed by atoms with E-state index in [0.717, 1.165) is 0 Å². The van der Waals surface area contributed by atoms with Crippen molar-refractivity contribution >= 4 is 29.7 Å². The SMILES string of the molecule is CC(C)C(=O)N(C)c1nc(N(C)C(=O)C(C)C)nc(N(C)[C@H]2C[C@H](O)[C@@H](CO)O2)n1. The Morgan fingerprint density at radius 1 is 0.967 bits per heavy atom. The van der Waals surface area contributed by atoms with Gasteiger partial charge in [-0.3, -0.25) is 19.4 Å². The summed E-state index contributed by atoms with van der Waals surface area (Å²) in [7, 11) is 4.80. The number of hydrogen-bond acceptors (Lipinski definition) is 9. The van der Waals surface area contributed by atoms with E-state index in [1.165, 1.54) is 9.80 Å². The van der Waals surface area contributed by atoms with Gasteiger partial charge in [0.1, 0.15) is 12.3 Å². The largest absolute Gasteiger partial charge is 0.394 e. The number of carbonyl (C=O) groups is 2. The van der Waals surface area contributed by atoms with Gasteiger partial charge >= 0.3 is 0 Å². The number of carbonyl (C=O) groups excluding carboxylic acids is 2. The molecule has 168 valence electrons. The maximum Gasteiger partial charge on any atom is 0.238 e. The highest BCUT2D eigenvalue weighted by Gasteiger charge is 2.37. The third-order valence-electron chi connectivity index (χ3n) is 4.98. The first-order chi connectivity index (χ1) is 14.0. The smallest absolute Gasteiger partial charge is 0.238 e. The normalized spacial score (nSPS) is 21.2. The zero-order valence-electron chi connectivity index (χ0n) is 18.6. The Kier molecular flexibility index (Phi) is 7.67. The highest BCUT2D eigenvalue weighted by molar-refractivity contribution is 5.94. The van der Waals surface area contributed by atoms with Gasteiger partial charge in [0.05, 0.1) is 12.7 Å². The molecular formula is C19H32N6O5. The van der Waals surface area contributed by atoms with Gasteiger partial charge in [-0.1, -0.05) is 27.7 Å². The minimum absolute atomic E-state index is 0.0983. The number of anilines is 3. The van der Waals surface area contributed by atoms with Crippen molar-refractivity contribution in [2.75, 3.05) is 42.4 Å². The zero-order chi connectivity index (χ0) is 22.7. The molecule has 1 aromatic rings. The predicted molar refractivity (Wildman–Crippen MR) is 111 cm³/mol. The maximum atomic E-state index is 12.5. The average Bonchev–Trinajstić information content (AvgIpc) is 3.10. The van der Waals surface area contributed by atoms with Crippen molar-refractivity contribution in [3.63, 3.8) is 0 Å². The first kappa shape index (κ1) is 23.9. The van der Waals surface area contributed by atoms with Crippen LogP contribution in [0.4, 0.5) is 17.8 Å². The highest BCUT2D eigenvalue weighted by atomic mass is 16.5. The number of hydrogen-bond donors (Lipinski definition) is 2. The molecule has 2 rings (SSSR count). The molecule has 2 amide bonds. The Balaban J connectivity index is 2.45. The molecule has 0 bridgehead atoms. The van der Waals surface area contributed by atoms with E-state index in [0.29, 0.717) is 0 Å². The van der Waals surface area contributed by atoms with Crippen LogP contribution in [0.1, 0.15) is 34.1 Å². The molecule has 1 saturated heterocycles. The molecule has 1 aromatic heterocycles. The molecule has 0 saturated carbocycles. The van der Waals surface area contributed by atoms with E-state index in [1.807, 2.05) is 0 Å². The molecule has 0 aromatic carbocycles. The summed E-state index contributed by atoms with van der Waals surface area (Å²) in [6.07, 6.45) is -1.86. The Morgan fingerprint density at radius 3 is 1.77 bits per heavy atom. The number of ether oxygens (including phenoxy) is 1. The number of rotatable bonds is 7. The summed E-state index contributed by atoms with van der Waals surface area (Å²) in [6, 6.07) is 0. The fraction of sp³-hybridized carbons (Fsp3) is 0.737. The lowest BCUT2D eigenvalue weighted by Gasteiger charge is -2.27. The quantitative estimate of drug-likeness (QED) is 0.621. The van der Waals surface area contributed by atoms with Crippen molar-refractivity contribution in [2.45, 2.75) is 52.6 Å².